The number of aromatic nitrogens is 1. The predicted molar refractivity (Wildman–Crippen MR) is 85.4 cm³/mol. The minimum Gasteiger partial charge on any atom is -0.487 e. The molecule has 2 aromatic rings. The van der Waals surface area contributed by atoms with E-state index in [4.69, 9.17) is 4.74 Å². The minimum atomic E-state index is 0.552. The molecule has 108 valence electrons. The van der Waals surface area contributed by atoms with E-state index < -0.39 is 0 Å². The van der Waals surface area contributed by atoms with Gasteiger partial charge in [0.25, 0.3) is 0 Å². The Morgan fingerprint density at radius 1 is 1.25 bits per heavy atom. The summed E-state index contributed by atoms with van der Waals surface area (Å²) in [6.45, 7) is 7.13. The second-order valence-electron chi connectivity index (χ2n) is 5.39. The van der Waals surface area contributed by atoms with E-state index in [1.165, 1.54) is 18.4 Å². The van der Waals surface area contributed by atoms with Crippen molar-refractivity contribution in [2.45, 2.75) is 46.6 Å². The molecule has 0 spiro atoms. The molecule has 0 N–H and O–H groups in total. The molecule has 0 aliphatic carbocycles. The van der Waals surface area contributed by atoms with E-state index >= 15 is 0 Å². The molecule has 0 fully saturated rings. The summed E-state index contributed by atoms with van der Waals surface area (Å²) in [5, 5.41) is 3.14. The highest BCUT2D eigenvalue weighted by atomic mass is 32.1. The Morgan fingerprint density at radius 3 is 2.60 bits per heavy atom. The van der Waals surface area contributed by atoms with Gasteiger partial charge in [0.1, 0.15) is 12.4 Å². The number of aryl methyl sites for hydroxylation is 1. The molecule has 1 aromatic heterocycles. The first-order valence-electron chi connectivity index (χ1n) is 7.30. The maximum Gasteiger partial charge on any atom is 0.131 e. The molecule has 0 radical (unpaired) electrons. The lowest BCUT2D eigenvalue weighted by Crippen LogP contribution is -1.99. The van der Waals surface area contributed by atoms with Crippen LogP contribution >= 0.6 is 11.3 Å². The maximum atomic E-state index is 5.76. The third-order valence-electron chi connectivity index (χ3n) is 3.34. The molecule has 0 aliphatic rings. The summed E-state index contributed by atoms with van der Waals surface area (Å²) in [6, 6.07) is 8.47. The van der Waals surface area contributed by atoms with Crippen LogP contribution in [0.2, 0.25) is 0 Å². The number of thiazole rings is 1. The highest BCUT2D eigenvalue weighted by molar-refractivity contribution is 7.09. The van der Waals surface area contributed by atoms with Crippen molar-refractivity contribution in [3.8, 4) is 5.75 Å². The Morgan fingerprint density at radius 2 is 2.00 bits per heavy atom. The van der Waals surface area contributed by atoms with Crippen molar-refractivity contribution >= 4 is 11.3 Å². The fraction of sp³-hybridized carbons (Fsp3) is 0.471. The van der Waals surface area contributed by atoms with Gasteiger partial charge in [-0.25, -0.2) is 4.98 Å². The number of hydrogen-bond donors (Lipinski definition) is 0. The molecule has 0 amide bonds. The standard InChI is InChI=1S/C17H23NOS/c1-4-5-13(2)10-15-6-8-17(9-7-15)19-11-16-12-20-14(3)18-16/h6-9,12-13H,4-5,10-11H2,1-3H3/t13-/m1/s1. The molecule has 1 atom stereocenters. The van der Waals surface area contributed by atoms with Gasteiger partial charge >= 0.3 is 0 Å². The summed E-state index contributed by atoms with van der Waals surface area (Å²) in [5.74, 6) is 1.67. The summed E-state index contributed by atoms with van der Waals surface area (Å²) >= 11 is 1.66. The topological polar surface area (TPSA) is 22.1 Å². The quantitative estimate of drug-likeness (QED) is 0.715. The molecular formula is C17H23NOS. The Balaban J connectivity index is 1.85. The molecule has 1 aromatic carbocycles. The average Bonchev–Trinajstić information content (AvgIpc) is 2.84. The normalized spacial score (nSPS) is 12.3. The molecule has 0 aliphatic heterocycles. The van der Waals surface area contributed by atoms with Gasteiger partial charge in [-0.15, -0.1) is 11.3 Å². The maximum absolute atomic E-state index is 5.76. The van der Waals surface area contributed by atoms with Crippen molar-refractivity contribution in [3.05, 3.63) is 45.9 Å². The van der Waals surface area contributed by atoms with Gasteiger partial charge in [-0.1, -0.05) is 38.8 Å². The van der Waals surface area contributed by atoms with Gasteiger partial charge in [0.05, 0.1) is 10.7 Å². The molecule has 2 nitrogen and oxygen atoms in total. The van der Waals surface area contributed by atoms with E-state index in [0.29, 0.717) is 6.61 Å². The molecule has 3 heteroatoms. The third kappa shape index (κ3) is 4.64. The number of hydrogen-bond acceptors (Lipinski definition) is 3. The molecule has 0 bridgehead atoms. The average molecular weight is 289 g/mol. The van der Waals surface area contributed by atoms with Crippen LogP contribution in [0.15, 0.2) is 29.6 Å². The second kappa shape index (κ2) is 7.44. The summed E-state index contributed by atoms with van der Waals surface area (Å²) in [4.78, 5) is 4.40. The second-order valence-corrected chi connectivity index (χ2v) is 6.45. The van der Waals surface area contributed by atoms with Crippen LogP contribution in [0, 0.1) is 12.8 Å². The molecule has 1 heterocycles. The monoisotopic (exact) mass is 289 g/mol. The van der Waals surface area contributed by atoms with E-state index in [9.17, 15) is 0 Å². The van der Waals surface area contributed by atoms with Crippen molar-refractivity contribution in [1.82, 2.24) is 4.98 Å². The summed E-state index contributed by atoms with van der Waals surface area (Å²) in [5.41, 5.74) is 2.40. The molecule has 2 rings (SSSR count). The largest absolute Gasteiger partial charge is 0.487 e. The van der Waals surface area contributed by atoms with Crippen LogP contribution in [-0.2, 0) is 13.0 Å². The summed E-state index contributed by atoms with van der Waals surface area (Å²) in [6.07, 6.45) is 3.70. The van der Waals surface area contributed by atoms with Crippen LogP contribution in [0.3, 0.4) is 0 Å². The predicted octanol–water partition coefficient (Wildman–Crippen LogP) is 5.01. The first-order chi connectivity index (χ1) is 9.67. The van der Waals surface area contributed by atoms with Crippen molar-refractivity contribution in [2.75, 3.05) is 0 Å². The van der Waals surface area contributed by atoms with Gasteiger partial charge in [0.2, 0.25) is 0 Å². The van der Waals surface area contributed by atoms with Gasteiger partial charge < -0.3 is 4.74 Å². The lowest BCUT2D eigenvalue weighted by Gasteiger charge is -2.10. The number of ether oxygens (including phenoxy) is 1. The van der Waals surface area contributed by atoms with Crippen molar-refractivity contribution in [3.63, 3.8) is 0 Å². The van der Waals surface area contributed by atoms with Gasteiger partial charge in [0.15, 0.2) is 0 Å². The Hall–Kier alpha value is -1.35. The van der Waals surface area contributed by atoms with Gasteiger partial charge in [-0.05, 0) is 37.0 Å². The zero-order chi connectivity index (χ0) is 14.4. The molecular weight excluding hydrogens is 266 g/mol. The molecule has 0 saturated heterocycles. The smallest absolute Gasteiger partial charge is 0.131 e. The fourth-order valence-corrected chi connectivity index (χ4v) is 2.95. The number of benzene rings is 1. The zero-order valence-electron chi connectivity index (χ0n) is 12.6. The van der Waals surface area contributed by atoms with Crippen molar-refractivity contribution < 1.29 is 4.74 Å². The first-order valence-corrected chi connectivity index (χ1v) is 8.18. The zero-order valence-corrected chi connectivity index (χ0v) is 13.4. The minimum absolute atomic E-state index is 0.552. The van der Waals surface area contributed by atoms with Crippen molar-refractivity contribution in [1.29, 1.82) is 0 Å². The third-order valence-corrected chi connectivity index (χ3v) is 4.16. The van der Waals surface area contributed by atoms with Crippen LogP contribution in [0.5, 0.6) is 5.75 Å². The summed E-state index contributed by atoms with van der Waals surface area (Å²) in [7, 11) is 0. The van der Waals surface area contributed by atoms with Crippen LogP contribution < -0.4 is 4.74 Å². The van der Waals surface area contributed by atoms with Crippen LogP contribution in [0.25, 0.3) is 0 Å². The Bertz CT molecular complexity index is 518. The van der Waals surface area contributed by atoms with E-state index in [1.807, 2.05) is 6.92 Å². The van der Waals surface area contributed by atoms with E-state index in [-0.39, 0.29) is 0 Å². The number of rotatable bonds is 7. The summed E-state index contributed by atoms with van der Waals surface area (Å²) < 4.78 is 5.76. The van der Waals surface area contributed by atoms with E-state index in [1.54, 1.807) is 11.3 Å². The molecule has 0 unspecified atom stereocenters. The SMILES string of the molecule is CCC[C@@H](C)Cc1ccc(OCc2csc(C)n2)cc1. The lowest BCUT2D eigenvalue weighted by atomic mass is 9.97. The highest BCUT2D eigenvalue weighted by Crippen LogP contribution is 2.18. The molecule has 0 saturated carbocycles. The Labute approximate surface area is 125 Å². The number of nitrogens with zero attached hydrogens (tertiary/aromatic N) is 1. The lowest BCUT2D eigenvalue weighted by molar-refractivity contribution is 0.302. The van der Waals surface area contributed by atoms with E-state index in [2.05, 4.69) is 48.5 Å². The van der Waals surface area contributed by atoms with Crippen LogP contribution in [-0.4, -0.2) is 4.98 Å². The highest BCUT2D eigenvalue weighted by Gasteiger charge is 2.04. The van der Waals surface area contributed by atoms with Gasteiger partial charge in [-0.2, -0.15) is 0 Å². The van der Waals surface area contributed by atoms with Gasteiger partial charge in [0, 0.05) is 5.38 Å². The van der Waals surface area contributed by atoms with E-state index in [0.717, 1.165) is 28.8 Å². The van der Waals surface area contributed by atoms with Crippen LogP contribution in [0.1, 0.15) is 43.0 Å². The fourth-order valence-electron chi connectivity index (χ4n) is 2.35. The molecule has 20 heavy (non-hydrogen) atoms. The van der Waals surface area contributed by atoms with Gasteiger partial charge in [-0.3, -0.25) is 0 Å². The Kier molecular flexibility index (Phi) is 5.60. The first kappa shape index (κ1) is 15.0. The van der Waals surface area contributed by atoms with Crippen LogP contribution in [0.4, 0.5) is 0 Å². The van der Waals surface area contributed by atoms with Crippen molar-refractivity contribution in [2.24, 2.45) is 5.92 Å².